The molecule has 0 radical (unpaired) electrons. The fraction of sp³-hybridized carbons (Fsp3) is 0.368. The molecule has 0 aliphatic carbocycles. The lowest BCUT2D eigenvalue weighted by molar-refractivity contribution is 0.224. The quantitative estimate of drug-likeness (QED) is 0.234. The summed E-state index contributed by atoms with van der Waals surface area (Å²) in [6.07, 6.45) is 1.58. The number of rotatable bonds is 10. The van der Waals surface area contributed by atoms with Crippen molar-refractivity contribution in [3.63, 3.8) is 0 Å². The lowest BCUT2D eigenvalue weighted by atomic mass is 10.1. The predicted octanol–water partition coefficient (Wildman–Crippen LogP) is 1.21. The van der Waals surface area contributed by atoms with E-state index in [1.54, 1.807) is 12.1 Å². The number of hydrogen-bond acceptors (Lipinski definition) is 8. The van der Waals surface area contributed by atoms with Gasteiger partial charge in [0.1, 0.15) is 11.5 Å². The highest BCUT2D eigenvalue weighted by molar-refractivity contribution is 7.80. The van der Waals surface area contributed by atoms with Crippen LogP contribution in [-0.4, -0.2) is 32.8 Å². The summed E-state index contributed by atoms with van der Waals surface area (Å²) in [6.45, 7) is 16.1. The second-order valence-corrected chi connectivity index (χ2v) is 6.68. The van der Waals surface area contributed by atoms with Crippen molar-refractivity contribution in [3.8, 4) is 23.6 Å². The molecule has 0 N–H and O–H groups in total. The van der Waals surface area contributed by atoms with Crippen LogP contribution < -0.4 is 19.9 Å². The highest BCUT2D eigenvalue weighted by Gasteiger charge is 2.11. The van der Waals surface area contributed by atoms with Gasteiger partial charge in [0.15, 0.2) is 0 Å². The molecule has 156 valence electrons. The Morgan fingerprint density at radius 3 is 1.83 bits per heavy atom. The van der Waals surface area contributed by atoms with Gasteiger partial charge in [0.05, 0.1) is 45.1 Å². The molecule has 0 aliphatic rings. The average Bonchev–Trinajstić information content (AvgIpc) is 2.70. The predicted molar refractivity (Wildman–Crippen MR) is 103 cm³/mol. The third-order valence-electron chi connectivity index (χ3n) is 3.56. The van der Waals surface area contributed by atoms with E-state index in [-0.39, 0.29) is 46.4 Å². The smallest absolute Gasteiger partial charge is 0.272 e. The molecule has 0 atom stereocenters. The van der Waals surface area contributed by atoms with Gasteiger partial charge in [-0.25, -0.2) is 28.6 Å². The van der Waals surface area contributed by atoms with Crippen LogP contribution in [0.25, 0.3) is 21.1 Å². The number of hydrogen-bond donors (Lipinski definition) is 0. The van der Waals surface area contributed by atoms with Crippen molar-refractivity contribution in [2.75, 3.05) is 19.8 Å². The minimum Gasteiger partial charge on any atom is -0.726 e. The zero-order chi connectivity index (χ0) is 22.6. The second kappa shape index (κ2) is 12.1. The first-order valence-electron chi connectivity index (χ1n) is 8.64. The second-order valence-electron chi connectivity index (χ2n) is 5.62. The lowest BCUT2D eigenvalue weighted by Crippen LogP contribution is -2.21. The van der Waals surface area contributed by atoms with E-state index in [9.17, 15) is 23.5 Å². The van der Waals surface area contributed by atoms with Crippen molar-refractivity contribution in [1.82, 2.24) is 0 Å². The van der Waals surface area contributed by atoms with Crippen molar-refractivity contribution in [3.05, 3.63) is 45.4 Å². The molecule has 0 spiro atoms. The highest BCUT2D eigenvalue weighted by atomic mass is 32.3. The molecule has 0 saturated carbocycles. The van der Waals surface area contributed by atoms with Gasteiger partial charge in [-0.05, 0) is 18.6 Å². The standard InChI is InChI=1S/C19H18N4O6S/c1-4-5-7-27-18-10-15(17(13-21)23-3)19(11-14(18)16(12-20)22-2)28-8-6-9-29-30(24,25)26/h10-11H,4-9H2,1H3,(H,24,25,26)/p-1/b16-14-,17-15+. The Morgan fingerprint density at radius 1 is 1.00 bits per heavy atom. The van der Waals surface area contributed by atoms with Gasteiger partial charge in [0, 0.05) is 16.9 Å². The Bertz CT molecular complexity index is 1130. The summed E-state index contributed by atoms with van der Waals surface area (Å²) in [6, 6.07) is 6.20. The highest BCUT2D eigenvalue weighted by Crippen LogP contribution is 2.13. The van der Waals surface area contributed by atoms with E-state index in [0.717, 1.165) is 6.42 Å². The number of nitriles is 2. The first-order valence-corrected chi connectivity index (χ1v) is 9.98. The fourth-order valence-electron chi connectivity index (χ4n) is 2.19. The topological polar surface area (TPSA) is 141 Å². The molecule has 0 unspecified atom stereocenters. The Hall–Kier alpha value is -3.61. The van der Waals surface area contributed by atoms with Gasteiger partial charge in [0.25, 0.3) is 11.4 Å². The monoisotopic (exact) mass is 429 g/mol. The SMILES string of the molecule is [C-]#[N+]/C(C#N)=c1/cc(OCCCOS(=O)(=O)[O-])/c(=C(\C#N)[N+]#[C-])cc1OCCCC. The van der Waals surface area contributed by atoms with Crippen LogP contribution in [0.3, 0.4) is 0 Å². The van der Waals surface area contributed by atoms with E-state index >= 15 is 0 Å². The average molecular weight is 429 g/mol. The first-order chi connectivity index (χ1) is 14.3. The van der Waals surface area contributed by atoms with E-state index in [1.165, 1.54) is 12.1 Å². The van der Waals surface area contributed by atoms with Crippen molar-refractivity contribution in [1.29, 1.82) is 10.5 Å². The maximum absolute atomic E-state index is 10.5. The number of ether oxygens (including phenoxy) is 2. The minimum atomic E-state index is -4.82. The summed E-state index contributed by atoms with van der Waals surface area (Å²) < 4.78 is 46.6. The largest absolute Gasteiger partial charge is 0.726 e. The zero-order valence-electron chi connectivity index (χ0n) is 16.0. The molecular weight excluding hydrogens is 412 g/mol. The van der Waals surface area contributed by atoms with Crippen LogP contribution >= 0.6 is 0 Å². The van der Waals surface area contributed by atoms with Crippen LogP contribution in [-0.2, 0) is 14.6 Å². The van der Waals surface area contributed by atoms with Gasteiger partial charge in [0.2, 0.25) is 10.4 Å². The van der Waals surface area contributed by atoms with Gasteiger partial charge in [-0.2, -0.15) is 0 Å². The van der Waals surface area contributed by atoms with Crippen molar-refractivity contribution in [2.24, 2.45) is 0 Å². The van der Waals surface area contributed by atoms with Crippen LogP contribution in [0.1, 0.15) is 26.2 Å². The van der Waals surface area contributed by atoms with Crippen LogP contribution in [0.5, 0.6) is 11.5 Å². The van der Waals surface area contributed by atoms with Gasteiger partial charge >= 0.3 is 0 Å². The maximum atomic E-state index is 10.5. The van der Waals surface area contributed by atoms with Gasteiger partial charge in [-0.1, -0.05) is 13.3 Å². The van der Waals surface area contributed by atoms with Gasteiger partial charge < -0.3 is 14.0 Å². The number of nitrogens with zero attached hydrogens (tertiary/aromatic N) is 4. The summed E-state index contributed by atoms with van der Waals surface area (Å²) in [4.78, 5) is 6.33. The molecule has 0 fully saturated rings. The summed E-state index contributed by atoms with van der Waals surface area (Å²) in [5, 5.41) is 18.7. The molecule has 0 aromatic heterocycles. The lowest BCUT2D eigenvalue weighted by Gasteiger charge is -2.12. The molecule has 30 heavy (non-hydrogen) atoms. The van der Waals surface area contributed by atoms with Crippen molar-refractivity contribution >= 4 is 21.8 Å². The molecular formula is C19H17N4O6S-. The summed E-state index contributed by atoms with van der Waals surface area (Å²) in [7, 11) is -4.82. The molecule has 0 aliphatic heterocycles. The Labute approximate surface area is 174 Å². The van der Waals surface area contributed by atoms with Gasteiger partial charge in [-0.15, -0.1) is 0 Å². The molecule has 11 heteroatoms. The van der Waals surface area contributed by atoms with E-state index in [0.29, 0.717) is 13.0 Å². The van der Waals surface area contributed by atoms with Crippen molar-refractivity contribution in [2.45, 2.75) is 26.2 Å². The van der Waals surface area contributed by atoms with E-state index in [4.69, 9.17) is 22.6 Å². The van der Waals surface area contributed by atoms with Crippen LogP contribution in [0.2, 0.25) is 0 Å². The Kier molecular flexibility index (Phi) is 9.82. The van der Waals surface area contributed by atoms with E-state index in [2.05, 4.69) is 13.9 Å². The molecule has 0 saturated heterocycles. The molecule has 0 bridgehead atoms. The third kappa shape index (κ3) is 7.43. The van der Waals surface area contributed by atoms with E-state index in [1.807, 2.05) is 6.92 Å². The van der Waals surface area contributed by atoms with Crippen LogP contribution in [0.15, 0.2) is 12.1 Å². The summed E-state index contributed by atoms with van der Waals surface area (Å²) in [5.41, 5.74) is -0.559. The normalized spacial score (nSPS) is 12.5. The van der Waals surface area contributed by atoms with Crippen LogP contribution in [0.4, 0.5) is 0 Å². The van der Waals surface area contributed by atoms with Crippen LogP contribution in [0, 0.1) is 35.8 Å². The molecule has 0 heterocycles. The molecule has 1 aromatic carbocycles. The minimum absolute atomic E-state index is 0.0164. The summed E-state index contributed by atoms with van der Waals surface area (Å²) >= 11 is 0. The number of benzene rings is 1. The molecule has 1 aromatic rings. The third-order valence-corrected chi connectivity index (χ3v) is 4.01. The summed E-state index contributed by atoms with van der Waals surface area (Å²) in [5.74, 6) is 0.192. The Balaban J connectivity index is 3.47. The number of unbranched alkanes of at least 4 members (excludes halogenated alkanes) is 1. The molecule has 10 nitrogen and oxygen atoms in total. The molecule has 1 rings (SSSR count). The van der Waals surface area contributed by atoms with Crippen molar-refractivity contribution < 1.29 is 26.6 Å². The fourth-order valence-corrected chi connectivity index (χ4v) is 2.51. The van der Waals surface area contributed by atoms with E-state index < -0.39 is 17.0 Å². The Morgan fingerprint density at radius 2 is 1.47 bits per heavy atom. The first kappa shape index (κ1) is 24.4. The molecule has 0 amide bonds. The maximum Gasteiger partial charge on any atom is 0.272 e. The zero-order valence-corrected chi connectivity index (χ0v) is 16.9. The van der Waals surface area contributed by atoms with Gasteiger partial charge in [-0.3, -0.25) is 4.18 Å².